The molecule has 6 nitrogen and oxygen atoms in total. The molecule has 1 aliphatic heterocycles. The molecule has 28 heavy (non-hydrogen) atoms. The van der Waals surface area contributed by atoms with Gasteiger partial charge in [-0.3, -0.25) is 14.5 Å². The van der Waals surface area contributed by atoms with Crippen LogP contribution < -0.4 is 10.6 Å². The highest BCUT2D eigenvalue weighted by Crippen LogP contribution is 2.29. The van der Waals surface area contributed by atoms with E-state index in [1.807, 2.05) is 41.8 Å². The van der Waals surface area contributed by atoms with Crippen molar-refractivity contribution in [2.75, 3.05) is 13.1 Å². The van der Waals surface area contributed by atoms with Crippen molar-refractivity contribution in [2.24, 2.45) is 0 Å². The Bertz CT molecular complexity index is 848. The number of hydrogen-bond donors (Lipinski definition) is 2. The molecule has 1 aromatic carbocycles. The molecule has 7 heteroatoms. The number of amides is 4. The maximum Gasteiger partial charge on any atom is 0.325 e. The number of imide groups is 1. The second-order valence-corrected chi connectivity index (χ2v) is 8.10. The molecule has 0 aliphatic carbocycles. The molecule has 148 valence electrons. The molecule has 1 fully saturated rings. The number of carbonyl (C=O) groups is 3. The van der Waals surface area contributed by atoms with Crippen molar-refractivity contribution in [3.63, 3.8) is 0 Å². The van der Waals surface area contributed by atoms with E-state index in [9.17, 15) is 14.4 Å². The van der Waals surface area contributed by atoms with E-state index < -0.39 is 17.5 Å². The zero-order valence-corrected chi connectivity index (χ0v) is 17.0. The summed E-state index contributed by atoms with van der Waals surface area (Å²) in [6.45, 7) is 3.98. The first-order chi connectivity index (χ1) is 13.4. The Balaban J connectivity index is 1.61. The monoisotopic (exact) mass is 399 g/mol. The van der Waals surface area contributed by atoms with Crippen LogP contribution in [0.5, 0.6) is 0 Å². The minimum Gasteiger partial charge on any atom is -0.354 e. The zero-order chi connectivity index (χ0) is 20.1. The van der Waals surface area contributed by atoms with E-state index in [1.54, 1.807) is 18.3 Å². The maximum atomic E-state index is 12.9. The van der Waals surface area contributed by atoms with Crippen LogP contribution in [0.4, 0.5) is 4.79 Å². The van der Waals surface area contributed by atoms with Crippen LogP contribution in [0.25, 0.3) is 0 Å². The predicted molar refractivity (Wildman–Crippen MR) is 109 cm³/mol. The molecule has 1 aliphatic rings. The molecule has 3 rings (SSSR count). The van der Waals surface area contributed by atoms with Crippen molar-refractivity contribution in [1.82, 2.24) is 15.5 Å². The lowest BCUT2D eigenvalue weighted by molar-refractivity contribution is -0.134. The standard InChI is InChI=1S/C21H25N3O3S/c1-3-5-15-7-9-16(10-8-15)21(2)19(26)24(20(27)23-21)14-18(25)22-12-11-17-6-4-13-28-17/h4,6-10,13H,3,5,11-12,14H2,1-2H3,(H,22,25)(H,23,27). The van der Waals surface area contributed by atoms with E-state index in [2.05, 4.69) is 17.6 Å². The van der Waals surface area contributed by atoms with Gasteiger partial charge in [-0.15, -0.1) is 11.3 Å². The number of thiophene rings is 1. The quantitative estimate of drug-likeness (QED) is 0.670. The average molecular weight is 400 g/mol. The van der Waals surface area contributed by atoms with Gasteiger partial charge < -0.3 is 10.6 Å². The number of nitrogens with zero attached hydrogens (tertiary/aromatic N) is 1. The summed E-state index contributed by atoms with van der Waals surface area (Å²) in [5.41, 5.74) is 0.749. The molecule has 0 bridgehead atoms. The second kappa shape index (κ2) is 8.56. The van der Waals surface area contributed by atoms with Crippen LogP contribution in [0.3, 0.4) is 0 Å². The molecule has 2 aromatic rings. The Hall–Kier alpha value is -2.67. The summed E-state index contributed by atoms with van der Waals surface area (Å²) < 4.78 is 0. The van der Waals surface area contributed by atoms with Gasteiger partial charge in [-0.2, -0.15) is 0 Å². The Morgan fingerprint density at radius 2 is 1.93 bits per heavy atom. The fraction of sp³-hybridized carbons (Fsp3) is 0.381. The van der Waals surface area contributed by atoms with E-state index in [1.165, 1.54) is 10.4 Å². The van der Waals surface area contributed by atoms with Crippen molar-refractivity contribution < 1.29 is 14.4 Å². The first-order valence-electron chi connectivity index (χ1n) is 9.46. The molecule has 2 heterocycles. The van der Waals surface area contributed by atoms with Gasteiger partial charge in [0.2, 0.25) is 5.91 Å². The molecule has 4 amide bonds. The average Bonchev–Trinajstić information content (AvgIpc) is 3.26. The third-order valence-electron chi connectivity index (χ3n) is 4.92. The van der Waals surface area contributed by atoms with Crippen LogP contribution in [-0.4, -0.2) is 35.8 Å². The van der Waals surface area contributed by atoms with Gasteiger partial charge in [0.1, 0.15) is 12.1 Å². The van der Waals surface area contributed by atoms with Crippen LogP contribution in [0.15, 0.2) is 41.8 Å². The number of carbonyl (C=O) groups excluding carboxylic acids is 3. The third kappa shape index (κ3) is 4.25. The van der Waals surface area contributed by atoms with Gasteiger partial charge in [0.15, 0.2) is 0 Å². The normalized spacial score (nSPS) is 19.0. The van der Waals surface area contributed by atoms with Gasteiger partial charge in [0, 0.05) is 11.4 Å². The van der Waals surface area contributed by atoms with Gasteiger partial charge in [-0.05, 0) is 42.3 Å². The molecule has 1 saturated heterocycles. The van der Waals surface area contributed by atoms with E-state index in [0.29, 0.717) is 12.1 Å². The molecule has 0 saturated carbocycles. The smallest absolute Gasteiger partial charge is 0.325 e. The largest absolute Gasteiger partial charge is 0.354 e. The van der Waals surface area contributed by atoms with E-state index >= 15 is 0 Å². The van der Waals surface area contributed by atoms with Crippen molar-refractivity contribution in [1.29, 1.82) is 0 Å². The van der Waals surface area contributed by atoms with Crippen LogP contribution >= 0.6 is 11.3 Å². The zero-order valence-electron chi connectivity index (χ0n) is 16.2. The highest BCUT2D eigenvalue weighted by molar-refractivity contribution is 7.09. The molecule has 1 aromatic heterocycles. The molecule has 1 atom stereocenters. The molecular formula is C21H25N3O3S. The summed E-state index contributed by atoms with van der Waals surface area (Å²) in [5, 5.41) is 7.50. The van der Waals surface area contributed by atoms with E-state index in [0.717, 1.165) is 24.2 Å². The fourth-order valence-corrected chi connectivity index (χ4v) is 4.02. The Morgan fingerprint density at radius 1 is 1.18 bits per heavy atom. The lowest BCUT2D eigenvalue weighted by Crippen LogP contribution is -2.43. The van der Waals surface area contributed by atoms with Crippen LogP contribution in [0, 0.1) is 0 Å². The third-order valence-corrected chi connectivity index (χ3v) is 5.86. The fourth-order valence-electron chi connectivity index (χ4n) is 3.31. The number of hydrogen-bond acceptors (Lipinski definition) is 4. The van der Waals surface area contributed by atoms with E-state index in [-0.39, 0.29) is 12.5 Å². The highest BCUT2D eigenvalue weighted by atomic mass is 32.1. The highest BCUT2D eigenvalue weighted by Gasteiger charge is 2.49. The predicted octanol–water partition coefficient (Wildman–Crippen LogP) is 2.83. The second-order valence-electron chi connectivity index (χ2n) is 7.07. The Labute approximate surface area is 168 Å². The molecular weight excluding hydrogens is 374 g/mol. The Kier molecular flexibility index (Phi) is 6.14. The number of urea groups is 1. The first kappa shape index (κ1) is 20.1. The number of benzene rings is 1. The topological polar surface area (TPSA) is 78.5 Å². The number of aryl methyl sites for hydroxylation is 1. The Morgan fingerprint density at radius 3 is 2.57 bits per heavy atom. The van der Waals surface area contributed by atoms with Gasteiger partial charge in [-0.1, -0.05) is 43.7 Å². The van der Waals surface area contributed by atoms with Gasteiger partial charge in [0.05, 0.1) is 0 Å². The van der Waals surface area contributed by atoms with Crippen molar-refractivity contribution in [3.05, 3.63) is 57.8 Å². The van der Waals surface area contributed by atoms with Crippen LogP contribution in [0.2, 0.25) is 0 Å². The molecule has 1 unspecified atom stereocenters. The van der Waals surface area contributed by atoms with E-state index in [4.69, 9.17) is 0 Å². The molecule has 0 spiro atoms. The van der Waals surface area contributed by atoms with Crippen molar-refractivity contribution in [3.8, 4) is 0 Å². The van der Waals surface area contributed by atoms with Gasteiger partial charge >= 0.3 is 6.03 Å². The summed E-state index contributed by atoms with van der Waals surface area (Å²) in [4.78, 5) is 39.6. The maximum absolute atomic E-state index is 12.9. The first-order valence-corrected chi connectivity index (χ1v) is 10.3. The summed E-state index contributed by atoms with van der Waals surface area (Å²) in [6.07, 6.45) is 2.74. The summed E-state index contributed by atoms with van der Waals surface area (Å²) >= 11 is 1.63. The minimum atomic E-state index is -1.15. The minimum absolute atomic E-state index is 0.279. The lowest BCUT2D eigenvalue weighted by atomic mass is 9.91. The van der Waals surface area contributed by atoms with Gasteiger partial charge in [0.25, 0.3) is 5.91 Å². The lowest BCUT2D eigenvalue weighted by Gasteiger charge is -2.22. The summed E-state index contributed by atoms with van der Waals surface area (Å²) in [7, 11) is 0. The van der Waals surface area contributed by atoms with Crippen LogP contribution in [0.1, 0.15) is 36.3 Å². The molecule has 0 radical (unpaired) electrons. The van der Waals surface area contributed by atoms with Gasteiger partial charge in [-0.25, -0.2) is 4.79 Å². The number of rotatable bonds is 8. The molecule has 2 N–H and O–H groups in total. The summed E-state index contributed by atoms with van der Waals surface area (Å²) in [6, 6.07) is 11.1. The summed E-state index contributed by atoms with van der Waals surface area (Å²) in [5.74, 6) is -0.753. The number of nitrogens with one attached hydrogen (secondary N) is 2. The SMILES string of the molecule is CCCc1ccc(C2(C)NC(=O)N(CC(=O)NCCc3cccs3)C2=O)cc1. The van der Waals surface area contributed by atoms with Crippen molar-refractivity contribution >= 4 is 29.2 Å². The van der Waals surface area contributed by atoms with Crippen molar-refractivity contribution in [2.45, 2.75) is 38.6 Å². The van der Waals surface area contributed by atoms with Crippen LogP contribution in [-0.2, 0) is 28.0 Å².